The normalized spacial score (nSPS) is 20.4. The van der Waals surface area contributed by atoms with Crippen molar-refractivity contribution in [2.24, 2.45) is 0 Å². The topological polar surface area (TPSA) is 17.8 Å². The van der Waals surface area contributed by atoms with Crippen LogP contribution >= 0.6 is 11.6 Å². The minimum absolute atomic E-state index is 0.552. The number of fused-ring (bicyclic) bond motifs is 1. The molecule has 2 heterocycles. The van der Waals surface area contributed by atoms with Crippen molar-refractivity contribution in [2.45, 2.75) is 25.3 Å². The third-order valence-corrected chi connectivity index (χ3v) is 3.36. The van der Waals surface area contributed by atoms with Crippen molar-refractivity contribution in [3.05, 3.63) is 41.7 Å². The zero-order valence-electron chi connectivity index (χ0n) is 8.94. The molecular formula is C13H13ClN2. The monoisotopic (exact) mass is 232 g/mol. The summed E-state index contributed by atoms with van der Waals surface area (Å²) in [5.74, 6) is 0. The first kappa shape index (κ1) is 9.91. The van der Waals surface area contributed by atoms with Gasteiger partial charge in [-0.3, -0.25) is 0 Å². The summed E-state index contributed by atoms with van der Waals surface area (Å²) in [6, 6.07) is 4.61. The number of allylic oxidation sites excluding steroid dienone is 2. The Morgan fingerprint density at radius 1 is 1.38 bits per heavy atom. The predicted molar refractivity (Wildman–Crippen MR) is 66.8 cm³/mol. The summed E-state index contributed by atoms with van der Waals surface area (Å²) in [6.07, 6.45) is 11.8. The molecule has 0 amide bonds. The standard InChI is InChI=1S/C13H13ClN2/c14-11-8-10-6-7-16(13(10)15-9-11)12-4-2-1-3-5-12/h1-2,6-9,12H,3-5H2. The number of pyridine rings is 1. The van der Waals surface area contributed by atoms with E-state index in [0.29, 0.717) is 11.1 Å². The summed E-state index contributed by atoms with van der Waals surface area (Å²) in [7, 11) is 0. The average molecular weight is 233 g/mol. The van der Waals surface area contributed by atoms with E-state index in [-0.39, 0.29) is 0 Å². The molecule has 2 aromatic heterocycles. The van der Waals surface area contributed by atoms with Crippen LogP contribution in [0.1, 0.15) is 25.3 Å². The van der Waals surface area contributed by atoms with Crippen molar-refractivity contribution < 1.29 is 0 Å². The Bertz CT molecular complexity index is 542. The fraction of sp³-hybridized carbons (Fsp3) is 0.308. The number of hydrogen-bond acceptors (Lipinski definition) is 1. The van der Waals surface area contributed by atoms with Gasteiger partial charge < -0.3 is 4.57 Å². The second-order valence-corrected chi connectivity index (χ2v) is 4.66. The van der Waals surface area contributed by atoms with Crippen molar-refractivity contribution in [1.29, 1.82) is 0 Å². The Morgan fingerprint density at radius 3 is 3.12 bits per heavy atom. The first-order valence-corrected chi connectivity index (χ1v) is 5.99. The Hall–Kier alpha value is -1.28. The fourth-order valence-electron chi connectivity index (χ4n) is 2.34. The van der Waals surface area contributed by atoms with Gasteiger partial charge in [-0.1, -0.05) is 23.8 Å². The first-order chi connectivity index (χ1) is 7.84. The molecule has 0 aliphatic heterocycles. The van der Waals surface area contributed by atoms with Crippen molar-refractivity contribution in [2.75, 3.05) is 0 Å². The molecule has 1 aliphatic carbocycles. The molecule has 3 rings (SSSR count). The maximum Gasteiger partial charge on any atom is 0.140 e. The number of nitrogens with zero attached hydrogens (tertiary/aromatic N) is 2. The molecule has 1 aliphatic rings. The van der Waals surface area contributed by atoms with E-state index in [9.17, 15) is 0 Å². The van der Waals surface area contributed by atoms with Crippen LogP contribution in [0.5, 0.6) is 0 Å². The molecule has 0 spiro atoms. The molecule has 1 unspecified atom stereocenters. The number of rotatable bonds is 1. The highest BCUT2D eigenvalue weighted by Crippen LogP contribution is 2.28. The Balaban J connectivity index is 2.06. The molecule has 82 valence electrons. The van der Waals surface area contributed by atoms with Crippen LogP contribution in [0, 0.1) is 0 Å². The van der Waals surface area contributed by atoms with E-state index >= 15 is 0 Å². The molecule has 3 heteroatoms. The van der Waals surface area contributed by atoms with Crippen LogP contribution in [0.2, 0.25) is 5.02 Å². The second-order valence-electron chi connectivity index (χ2n) is 4.23. The van der Waals surface area contributed by atoms with E-state index < -0.39 is 0 Å². The van der Waals surface area contributed by atoms with Crippen LogP contribution in [0.3, 0.4) is 0 Å². The Kier molecular flexibility index (Phi) is 2.44. The Labute approximate surface area is 99.5 Å². The summed E-state index contributed by atoms with van der Waals surface area (Å²) in [5.41, 5.74) is 1.05. The van der Waals surface area contributed by atoms with Gasteiger partial charge in [0, 0.05) is 23.8 Å². The lowest BCUT2D eigenvalue weighted by molar-refractivity contribution is 0.472. The summed E-state index contributed by atoms with van der Waals surface area (Å²) < 4.78 is 2.27. The van der Waals surface area contributed by atoms with E-state index in [2.05, 4.69) is 34.0 Å². The molecule has 2 nitrogen and oxygen atoms in total. The van der Waals surface area contributed by atoms with Gasteiger partial charge in [-0.25, -0.2) is 4.98 Å². The van der Waals surface area contributed by atoms with Gasteiger partial charge in [0.25, 0.3) is 0 Å². The molecule has 1 atom stereocenters. The van der Waals surface area contributed by atoms with Crippen molar-refractivity contribution in [3.8, 4) is 0 Å². The molecule has 0 radical (unpaired) electrons. The molecule has 16 heavy (non-hydrogen) atoms. The van der Waals surface area contributed by atoms with Crippen LogP contribution in [0.4, 0.5) is 0 Å². The van der Waals surface area contributed by atoms with Crippen molar-refractivity contribution in [3.63, 3.8) is 0 Å². The van der Waals surface area contributed by atoms with Crippen LogP contribution in [0.15, 0.2) is 36.7 Å². The van der Waals surface area contributed by atoms with Crippen molar-refractivity contribution in [1.82, 2.24) is 9.55 Å². The summed E-state index contributed by atoms with van der Waals surface area (Å²) in [4.78, 5) is 4.42. The van der Waals surface area contributed by atoms with Gasteiger partial charge in [0.2, 0.25) is 0 Å². The minimum Gasteiger partial charge on any atom is -0.329 e. The first-order valence-electron chi connectivity index (χ1n) is 5.62. The zero-order chi connectivity index (χ0) is 11.0. The largest absolute Gasteiger partial charge is 0.329 e. The van der Waals surface area contributed by atoms with Crippen molar-refractivity contribution >= 4 is 22.6 Å². The minimum atomic E-state index is 0.552. The van der Waals surface area contributed by atoms with Crippen LogP contribution < -0.4 is 0 Å². The van der Waals surface area contributed by atoms with E-state index in [1.165, 1.54) is 6.42 Å². The molecule has 0 aromatic carbocycles. The molecule has 2 aromatic rings. The van der Waals surface area contributed by atoms with E-state index in [1.54, 1.807) is 6.20 Å². The summed E-state index contributed by atoms with van der Waals surface area (Å²) in [6.45, 7) is 0. The molecule has 0 saturated carbocycles. The third-order valence-electron chi connectivity index (χ3n) is 3.16. The highest BCUT2D eigenvalue weighted by molar-refractivity contribution is 6.31. The van der Waals surface area contributed by atoms with Gasteiger partial charge in [0.05, 0.1) is 5.02 Å². The Morgan fingerprint density at radius 2 is 2.31 bits per heavy atom. The zero-order valence-corrected chi connectivity index (χ0v) is 9.69. The molecule has 0 N–H and O–H groups in total. The molecule has 0 saturated heterocycles. The highest BCUT2D eigenvalue weighted by atomic mass is 35.5. The predicted octanol–water partition coefficient (Wildman–Crippen LogP) is 3.97. The van der Waals surface area contributed by atoms with E-state index in [4.69, 9.17) is 11.6 Å². The lowest BCUT2D eigenvalue weighted by Gasteiger charge is -2.20. The van der Waals surface area contributed by atoms with Gasteiger partial charge >= 0.3 is 0 Å². The van der Waals surface area contributed by atoms with E-state index in [1.807, 2.05) is 6.07 Å². The fourth-order valence-corrected chi connectivity index (χ4v) is 2.51. The number of hydrogen-bond donors (Lipinski definition) is 0. The van der Waals surface area contributed by atoms with Gasteiger partial charge in [0.15, 0.2) is 0 Å². The molecule has 0 bridgehead atoms. The summed E-state index contributed by atoms with van der Waals surface area (Å²) >= 11 is 5.93. The second kappa shape index (κ2) is 3.95. The average Bonchev–Trinajstić information content (AvgIpc) is 2.73. The lowest BCUT2D eigenvalue weighted by Crippen LogP contribution is -2.09. The maximum absolute atomic E-state index is 5.93. The van der Waals surface area contributed by atoms with Gasteiger partial charge in [-0.15, -0.1) is 0 Å². The maximum atomic E-state index is 5.93. The number of aromatic nitrogens is 2. The van der Waals surface area contributed by atoms with Gasteiger partial charge in [-0.2, -0.15) is 0 Å². The SMILES string of the molecule is Clc1cnc2c(ccn2C2CC=CCC2)c1. The summed E-state index contributed by atoms with van der Waals surface area (Å²) in [5, 5.41) is 1.83. The van der Waals surface area contributed by atoms with Crippen LogP contribution in [0.25, 0.3) is 11.0 Å². The van der Waals surface area contributed by atoms with Gasteiger partial charge in [0.1, 0.15) is 5.65 Å². The van der Waals surface area contributed by atoms with E-state index in [0.717, 1.165) is 23.9 Å². The quantitative estimate of drug-likeness (QED) is 0.681. The lowest BCUT2D eigenvalue weighted by atomic mass is 10.0. The van der Waals surface area contributed by atoms with Crippen LogP contribution in [-0.4, -0.2) is 9.55 Å². The molecular weight excluding hydrogens is 220 g/mol. The third kappa shape index (κ3) is 1.63. The molecule has 0 fully saturated rings. The number of halogens is 1. The van der Waals surface area contributed by atoms with Crippen LogP contribution in [-0.2, 0) is 0 Å². The van der Waals surface area contributed by atoms with Gasteiger partial charge in [-0.05, 0) is 31.4 Å². The smallest absolute Gasteiger partial charge is 0.140 e. The highest BCUT2D eigenvalue weighted by Gasteiger charge is 2.14.